The van der Waals surface area contributed by atoms with Gasteiger partial charge in [0.15, 0.2) is 0 Å². The van der Waals surface area contributed by atoms with E-state index < -0.39 is 0 Å². The van der Waals surface area contributed by atoms with Crippen molar-refractivity contribution >= 4 is 6.79 Å². The SMILES string of the molecule is C=O.Cc1cc(F)ccc1-n1cnc(C2CC2)c1. The molecule has 2 aromatic rings. The molecule has 0 atom stereocenters. The second-order valence-corrected chi connectivity index (χ2v) is 4.41. The van der Waals surface area contributed by atoms with Gasteiger partial charge in [0.1, 0.15) is 12.6 Å². The molecule has 1 aromatic carbocycles. The van der Waals surface area contributed by atoms with Crippen LogP contribution in [0.4, 0.5) is 4.39 Å². The van der Waals surface area contributed by atoms with Gasteiger partial charge in [-0.15, -0.1) is 0 Å². The monoisotopic (exact) mass is 246 g/mol. The van der Waals surface area contributed by atoms with Crippen LogP contribution in [0.25, 0.3) is 5.69 Å². The molecule has 0 unspecified atom stereocenters. The summed E-state index contributed by atoms with van der Waals surface area (Å²) >= 11 is 0. The Labute approximate surface area is 105 Å². The maximum absolute atomic E-state index is 13.0. The third kappa shape index (κ3) is 2.47. The predicted molar refractivity (Wildman–Crippen MR) is 67.4 cm³/mol. The molecular weight excluding hydrogens is 231 g/mol. The maximum atomic E-state index is 13.0. The average molecular weight is 246 g/mol. The second-order valence-electron chi connectivity index (χ2n) is 4.41. The van der Waals surface area contributed by atoms with Crippen LogP contribution in [0, 0.1) is 12.7 Å². The largest absolute Gasteiger partial charge is 0.307 e. The predicted octanol–water partition coefficient (Wildman–Crippen LogP) is 3.01. The van der Waals surface area contributed by atoms with Gasteiger partial charge in [-0.2, -0.15) is 0 Å². The summed E-state index contributed by atoms with van der Waals surface area (Å²) in [7, 11) is 0. The molecule has 1 aromatic heterocycles. The van der Waals surface area contributed by atoms with Crippen LogP contribution >= 0.6 is 0 Å². The minimum Gasteiger partial charge on any atom is -0.307 e. The summed E-state index contributed by atoms with van der Waals surface area (Å²) in [6, 6.07) is 4.83. The van der Waals surface area contributed by atoms with Gasteiger partial charge < -0.3 is 9.36 Å². The number of carbonyl (C=O) groups is 1. The standard InChI is InChI=1S/C13H13FN2.CH2O/c1-9-6-11(14)4-5-13(9)16-7-12(15-8-16)10-2-3-10;1-2/h4-8,10H,2-3H2,1H3;1H2. The minimum atomic E-state index is -0.191. The van der Waals surface area contributed by atoms with Crippen molar-refractivity contribution in [3.8, 4) is 5.69 Å². The van der Waals surface area contributed by atoms with E-state index in [1.165, 1.54) is 18.9 Å². The van der Waals surface area contributed by atoms with Crippen LogP contribution < -0.4 is 0 Å². The molecule has 3 nitrogen and oxygen atoms in total. The number of nitrogens with zero attached hydrogens (tertiary/aromatic N) is 2. The molecule has 3 rings (SSSR count). The number of hydrogen-bond donors (Lipinski definition) is 0. The van der Waals surface area contributed by atoms with E-state index in [4.69, 9.17) is 4.79 Å². The number of hydrogen-bond acceptors (Lipinski definition) is 2. The van der Waals surface area contributed by atoms with Gasteiger partial charge in [0.25, 0.3) is 0 Å². The first-order chi connectivity index (χ1) is 8.74. The van der Waals surface area contributed by atoms with Crippen LogP contribution in [-0.4, -0.2) is 16.3 Å². The summed E-state index contributed by atoms with van der Waals surface area (Å²) < 4.78 is 15.0. The number of halogens is 1. The van der Waals surface area contributed by atoms with Crippen LogP contribution in [0.1, 0.15) is 30.0 Å². The number of aromatic nitrogens is 2. The summed E-state index contributed by atoms with van der Waals surface area (Å²) in [5, 5.41) is 0. The zero-order valence-electron chi connectivity index (χ0n) is 10.3. The molecule has 1 saturated carbocycles. The summed E-state index contributed by atoms with van der Waals surface area (Å²) in [4.78, 5) is 12.4. The zero-order valence-corrected chi connectivity index (χ0v) is 10.3. The first-order valence-corrected chi connectivity index (χ1v) is 5.83. The fourth-order valence-electron chi connectivity index (χ4n) is 1.97. The molecule has 1 aliphatic carbocycles. The van der Waals surface area contributed by atoms with Gasteiger partial charge in [0.2, 0.25) is 0 Å². The highest BCUT2D eigenvalue weighted by Crippen LogP contribution is 2.39. The Morgan fingerprint density at radius 2 is 2.11 bits per heavy atom. The molecule has 0 N–H and O–H groups in total. The van der Waals surface area contributed by atoms with Crippen molar-refractivity contribution in [1.29, 1.82) is 0 Å². The maximum Gasteiger partial charge on any atom is 0.123 e. The Morgan fingerprint density at radius 1 is 1.39 bits per heavy atom. The highest BCUT2D eigenvalue weighted by Gasteiger charge is 2.25. The molecule has 1 fully saturated rings. The molecule has 0 spiro atoms. The Balaban J connectivity index is 0.000000574. The van der Waals surface area contributed by atoms with Crippen LogP contribution in [0.5, 0.6) is 0 Å². The van der Waals surface area contributed by atoms with E-state index in [1.807, 2.05) is 24.6 Å². The number of rotatable bonds is 2. The molecule has 18 heavy (non-hydrogen) atoms. The van der Waals surface area contributed by atoms with E-state index in [0.29, 0.717) is 5.92 Å². The smallest absolute Gasteiger partial charge is 0.123 e. The minimum absolute atomic E-state index is 0.191. The van der Waals surface area contributed by atoms with Crippen molar-refractivity contribution in [2.75, 3.05) is 0 Å². The quantitative estimate of drug-likeness (QED) is 0.816. The van der Waals surface area contributed by atoms with Gasteiger partial charge in [0, 0.05) is 17.8 Å². The van der Waals surface area contributed by atoms with Gasteiger partial charge >= 0.3 is 0 Å². The Bertz CT molecular complexity index is 546. The molecule has 4 heteroatoms. The molecule has 1 aliphatic rings. The lowest BCUT2D eigenvalue weighted by atomic mass is 10.2. The van der Waals surface area contributed by atoms with Crippen molar-refractivity contribution in [3.05, 3.63) is 47.8 Å². The van der Waals surface area contributed by atoms with Gasteiger partial charge in [-0.1, -0.05) is 0 Å². The highest BCUT2D eigenvalue weighted by atomic mass is 19.1. The van der Waals surface area contributed by atoms with Gasteiger partial charge in [0.05, 0.1) is 12.0 Å². The molecule has 0 radical (unpaired) electrons. The molecule has 0 amide bonds. The highest BCUT2D eigenvalue weighted by molar-refractivity contribution is 5.41. The summed E-state index contributed by atoms with van der Waals surface area (Å²) in [6.07, 6.45) is 6.37. The van der Waals surface area contributed by atoms with Crippen LogP contribution in [0.3, 0.4) is 0 Å². The first kappa shape index (κ1) is 12.5. The molecular formula is C14H15FN2O. The van der Waals surface area contributed by atoms with Crippen LogP contribution in [0.2, 0.25) is 0 Å². The summed E-state index contributed by atoms with van der Waals surface area (Å²) in [6.45, 7) is 3.91. The van der Waals surface area contributed by atoms with Gasteiger partial charge in [-0.3, -0.25) is 0 Å². The van der Waals surface area contributed by atoms with E-state index in [2.05, 4.69) is 11.2 Å². The van der Waals surface area contributed by atoms with E-state index in [1.54, 1.807) is 12.1 Å². The molecule has 94 valence electrons. The third-order valence-electron chi connectivity index (χ3n) is 3.04. The van der Waals surface area contributed by atoms with Crippen molar-refractivity contribution < 1.29 is 9.18 Å². The van der Waals surface area contributed by atoms with E-state index in [9.17, 15) is 4.39 Å². The summed E-state index contributed by atoms with van der Waals surface area (Å²) in [5.74, 6) is 0.464. The Hall–Kier alpha value is -1.97. The van der Waals surface area contributed by atoms with Crippen LogP contribution in [-0.2, 0) is 4.79 Å². The van der Waals surface area contributed by atoms with Crippen molar-refractivity contribution in [3.63, 3.8) is 0 Å². The third-order valence-corrected chi connectivity index (χ3v) is 3.04. The topological polar surface area (TPSA) is 34.9 Å². The zero-order chi connectivity index (χ0) is 13.1. The number of aryl methyl sites for hydroxylation is 1. The lowest BCUT2D eigenvalue weighted by molar-refractivity contribution is -0.0979. The second kappa shape index (κ2) is 5.12. The lowest BCUT2D eigenvalue weighted by Crippen LogP contribution is -1.94. The van der Waals surface area contributed by atoms with Crippen molar-refractivity contribution in [2.24, 2.45) is 0 Å². The van der Waals surface area contributed by atoms with Crippen LogP contribution in [0.15, 0.2) is 30.7 Å². The summed E-state index contributed by atoms with van der Waals surface area (Å²) in [5.41, 5.74) is 3.09. The fraction of sp³-hybridized carbons (Fsp3) is 0.286. The average Bonchev–Trinajstić information content (AvgIpc) is 3.11. The van der Waals surface area contributed by atoms with Crippen molar-refractivity contribution in [1.82, 2.24) is 9.55 Å². The van der Waals surface area contributed by atoms with Gasteiger partial charge in [-0.05, 0) is 43.5 Å². The lowest BCUT2D eigenvalue weighted by Gasteiger charge is -2.05. The fourth-order valence-corrected chi connectivity index (χ4v) is 1.97. The Morgan fingerprint density at radius 3 is 2.72 bits per heavy atom. The molecule has 0 bridgehead atoms. The van der Waals surface area contributed by atoms with Crippen molar-refractivity contribution in [2.45, 2.75) is 25.7 Å². The Kier molecular flexibility index (Phi) is 3.55. The van der Waals surface area contributed by atoms with E-state index in [0.717, 1.165) is 16.9 Å². The number of imidazole rings is 1. The van der Waals surface area contributed by atoms with E-state index in [-0.39, 0.29) is 5.82 Å². The number of carbonyl (C=O) groups excluding carboxylic acids is 1. The normalized spacial score (nSPS) is 13.9. The number of benzene rings is 1. The molecule has 0 aliphatic heterocycles. The molecule has 0 saturated heterocycles. The van der Waals surface area contributed by atoms with E-state index >= 15 is 0 Å². The van der Waals surface area contributed by atoms with Gasteiger partial charge in [-0.25, -0.2) is 9.37 Å². The molecule has 1 heterocycles. The first-order valence-electron chi connectivity index (χ1n) is 5.83.